The Morgan fingerprint density at radius 1 is 0.623 bits per heavy atom. The molecule has 2 heterocycles. The summed E-state index contributed by atoms with van der Waals surface area (Å²) in [6.45, 7) is 9.34. The number of likely N-dealkylation sites (tertiary alicyclic amines) is 1. The minimum atomic E-state index is -0.677. The smallest absolute Gasteiger partial charge is 0.308 e. The van der Waals surface area contributed by atoms with E-state index >= 15 is 0 Å². The highest BCUT2D eigenvalue weighted by molar-refractivity contribution is 5.77. The van der Waals surface area contributed by atoms with Gasteiger partial charge in [-0.1, -0.05) is 160 Å². The first-order chi connectivity index (χ1) is 29.8. The topological polar surface area (TPSA) is 71.6 Å². The molecular formula is C53H99N3O5. The monoisotopic (exact) mass is 858 g/mol. The number of ether oxygens (including phenoxy) is 3. The number of carbonyl (C=O) groups excluding carboxylic acids is 2. The second-order valence-corrected chi connectivity index (χ2v) is 19.2. The van der Waals surface area contributed by atoms with Gasteiger partial charge >= 0.3 is 5.97 Å². The van der Waals surface area contributed by atoms with E-state index in [0.29, 0.717) is 39.1 Å². The van der Waals surface area contributed by atoms with Crippen LogP contribution in [0.3, 0.4) is 0 Å². The van der Waals surface area contributed by atoms with E-state index in [2.05, 4.69) is 69.1 Å². The van der Waals surface area contributed by atoms with Crippen molar-refractivity contribution < 1.29 is 23.8 Å². The second kappa shape index (κ2) is 37.6. The Morgan fingerprint density at radius 2 is 1.08 bits per heavy atom. The van der Waals surface area contributed by atoms with Crippen LogP contribution in [0.1, 0.15) is 219 Å². The lowest BCUT2D eigenvalue weighted by atomic mass is 9.94. The fourth-order valence-corrected chi connectivity index (χ4v) is 8.67. The van der Waals surface area contributed by atoms with E-state index < -0.39 is 5.79 Å². The number of esters is 1. The molecule has 2 atom stereocenters. The van der Waals surface area contributed by atoms with Crippen molar-refractivity contribution in [1.82, 2.24) is 14.7 Å². The Balaban J connectivity index is 1.63. The van der Waals surface area contributed by atoms with Gasteiger partial charge < -0.3 is 28.9 Å². The second-order valence-electron chi connectivity index (χ2n) is 19.2. The lowest BCUT2D eigenvalue weighted by Gasteiger charge is -2.46. The van der Waals surface area contributed by atoms with Crippen LogP contribution in [0.5, 0.6) is 0 Å². The highest BCUT2D eigenvalue weighted by atomic mass is 16.8. The summed E-state index contributed by atoms with van der Waals surface area (Å²) in [4.78, 5) is 32.5. The third-order valence-electron chi connectivity index (χ3n) is 12.9. The molecule has 356 valence electrons. The van der Waals surface area contributed by atoms with E-state index in [1.54, 1.807) is 0 Å². The summed E-state index contributed by atoms with van der Waals surface area (Å²) < 4.78 is 18.3. The molecule has 0 aromatic heterocycles. The van der Waals surface area contributed by atoms with Gasteiger partial charge in [0.1, 0.15) is 0 Å². The Kier molecular flexibility index (Phi) is 34.2. The van der Waals surface area contributed by atoms with Crippen molar-refractivity contribution in [3.05, 3.63) is 24.3 Å². The average molecular weight is 858 g/mol. The van der Waals surface area contributed by atoms with Crippen molar-refractivity contribution in [2.45, 2.75) is 231 Å². The molecule has 0 bridgehead atoms. The molecule has 2 aliphatic heterocycles. The van der Waals surface area contributed by atoms with Crippen LogP contribution in [0.25, 0.3) is 0 Å². The Morgan fingerprint density at radius 3 is 1.56 bits per heavy atom. The summed E-state index contributed by atoms with van der Waals surface area (Å²) in [7, 11) is 6.28. The molecule has 1 amide bonds. The van der Waals surface area contributed by atoms with Crippen molar-refractivity contribution in [1.29, 1.82) is 0 Å². The molecule has 2 saturated heterocycles. The first kappa shape index (κ1) is 55.4. The molecule has 0 aromatic carbocycles. The van der Waals surface area contributed by atoms with Gasteiger partial charge in [0, 0.05) is 25.9 Å². The van der Waals surface area contributed by atoms with Crippen LogP contribution in [0, 0.1) is 5.92 Å². The lowest BCUT2D eigenvalue weighted by Crippen LogP contribution is -2.64. The first-order valence-corrected chi connectivity index (χ1v) is 26.2. The number of carbonyl (C=O) groups is 2. The predicted molar refractivity (Wildman–Crippen MR) is 258 cm³/mol. The standard InChI is InChI=1S/C53H99N3O5/c1-6-8-10-12-14-16-18-20-22-24-26-28-30-32-34-36-39-49(38-35-33-31-29-27-25-23-21-19-17-15-13-11-9-7-2)52(58)59-45-41-50-46-60-53(61-50)47-56(48-53)51(57)40-37-42-55(5)44-43-54(3)4/h20-23,49-50H,6-19,24-48H2,1-5H3/b22-20-,23-21-. The van der Waals surface area contributed by atoms with Crippen molar-refractivity contribution in [2.75, 3.05) is 67.1 Å². The van der Waals surface area contributed by atoms with Crippen molar-refractivity contribution in [2.24, 2.45) is 5.92 Å². The zero-order valence-electron chi connectivity index (χ0n) is 40.9. The molecular weight excluding hydrogens is 759 g/mol. The summed E-state index contributed by atoms with van der Waals surface area (Å²) in [5, 5.41) is 0. The third kappa shape index (κ3) is 29.4. The van der Waals surface area contributed by atoms with E-state index in [4.69, 9.17) is 14.2 Å². The first-order valence-electron chi connectivity index (χ1n) is 26.2. The Hall–Kier alpha value is -1.74. The molecule has 0 aromatic rings. The van der Waals surface area contributed by atoms with Crippen LogP contribution in [0.15, 0.2) is 24.3 Å². The van der Waals surface area contributed by atoms with Gasteiger partial charge in [-0.25, -0.2) is 0 Å². The van der Waals surface area contributed by atoms with Gasteiger partial charge in [-0.05, 0) is 98.3 Å². The molecule has 2 unspecified atom stereocenters. The maximum atomic E-state index is 13.4. The van der Waals surface area contributed by atoms with Gasteiger partial charge in [-0.3, -0.25) is 9.59 Å². The van der Waals surface area contributed by atoms with Crippen molar-refractivity contribution in [3.63, 3.8) is 0 Å². The van der Waals surface area contributed by atoms with E-state index in [1.165, 1.54) is 161 Å². The van der Waals surface area contributed by atoms with Gasteiger partial charge in [0.15, 0.2) is 0 Å². The van der Waals surface area contributed by atoms with E-state index in [9.17, 15) is 9.59 Å². The van der Waals surface area contributed by atoms with Crippen LogP contribution in [-0.4, -0.2) is 106 Å². The van der Waals surface area contributed by atoms with E-state index in [-0.39, 0.29) is 23.9 Å². The van der Waals surface area contributed by atoms with Gasteiger partial charge in [-0.2, -0.15) is 0 Å². The van der Waals surface area contributed by atoms with Gasteiger partial charge in [-0.15, -0.1) is 0 Å². The fraction of sp³-hybridized carbons (Fsp3) is 0.887. The molecule has 0 radical (unpaired) electrons. The number of rotatable bonds is 42. The van der Waals surface area contributed by atoms with Crippen molar-refractivity contribution in [3.8, 4) is 0 Å². The zero-order chi connectivity index (χ0) is 44.1. The Labute approximate surface area is 377 Å². The molecule has 2 fully saturated rings. The maximum Gasteiger partial charge on any atom is 0.308 e. The lowest BCUT2D eigenvalue weighted by molar-refractivity contribution is -0.244. The van der Waals surface area contributed by atoms with Gasteiger partial charge in [0.2, 0.25) is 11.7 Å². The number of amides is 1. The third-order valence-corrected chi connectivity index (χ3v) is 12.9. The molecule has 1 spiro atoms. The van der Waals surface area contributed by atoms with Crippen LogP contribution in [0.2, 0.25) is 0 Å². The van der Waals surface area contributed by atoms with Crippen LogP contribution >= 0.6 is 0 Å². The summed E-state index contributed by atoms with van der Waals surface area (Å²) in [6.07, 6.45) is 48.3. The zero-order valence-corrected chi connectivity index (χ0v) is 40.9. The molecule has 8 heteroatoms. The molecule has 61 heavy (non-hydrogen) atoms. The average Bonchev–Trinajstić information content (AvgIpc) is 3.67. The molecule has 8 nitrogen and oxygen atoms in total. The molecule has 0 saturated carbocycles. The summed E-state index contributed by atoms with van der Waals surface area (Å²) in [5.41, 5.74) is 0. The fourth-order valence-electron chi connectivity index (χ4n) is 8.67. The number of nitrogens with zero attached hydrogens (tertiary/aromatic N) is 3. The summed E-state index contributed by atoms with van der Waals surface area (Å²) in [6, 6.07) is 0. The summed E-state index contributed by atoms with van der Waals surface area (Å²) >= 11 is 0. The van der Waals surface area contributed by atoms with E-state index in [1.807, 2.05) is 4.90 Å². The number of allylic oxidation sites excluding steroid dienone is 4. The molecule has 2 aliphatic rings. The number of likely N-dealkylation sites (N-methyl/N-ethyl adjacent to an activating group) is 2. The minimum absolute atomic E-state index is 0.00671. The Bertz CT molecular complexity index is 1110. The van der Waals surface area contributed by atoms with E-state index in [0.717, 1.165) is 51.7 Å². The van der Waals surface area contributed by atoms with Crippen molar-refractivity contribution >= 4 is 11.9 Å². The maximum absolute atomic E-state index is 13.4. The largest absolute Gasteiger partial charge is 0.465 e. The SMILES string of the molecule is CCCCCCCC/C=C\CCCCCCCCC(CCCCCCC/C=C\CCCCCCCC)C(=O)OCCC1COC2(CN(C(=O)CCCN(C)CCN(C)C)C2)O1. The minimum Gasteiger partial charge on any atom is -0.465 e. The normalized spacial score (nSPS) is 16.8. The number of unbranched alkanes of at least 4 members (excludes halogenated alkanes) is 23. The highest BCUT2D eigenvalue weighted by Gasteiger charge is 2.52. The van der Waals surface area contributed by atoms with Crippen LogP contribution in [-0.2, 0) is 23.8 Å². The number of hydrogen-bond acceptors (Lipinski definition) is 7. The molecule has 2 rings (SSSR count). The van der Waals surface area contributed by atoms with Crippen LogP contribution in [0.4, 0.5) is 0 Å². The summed E-state index contributed by atoms with van der Waals surface area (Å²) in [5.74, 6) is -0.531. The van der Waals surface area contributed by atoms with Gasteiger partial charge in [0.25, 0.3) is 0 Å². The number of hydrogen-bond donors (Lipinski definition) is 0. The predicted octanol–water partition coefficient (Wildman–Crippen LogP) is 13.2. The quantitative estimate of drug-likeness (QED) is 0.0344. The molecule has 0 N–H and O–H groups in total. The van der Waals surface area contributed by atoms with Crippen LogP contribution < -0.4 is 0 Å². The van der Waals surface area contributed by atoms with Gasteiger partial charge in [0.05, 0.1) is 38.3 Å². The highest BCUT2D eigenvalue weighted by Crippen LogP contribution is 2.35. The molecule has 0 aliphatic carbocycles.